The fraction of sp³-hybridized carbons (Fsp3) is 0.143. The highest BCUT2D eigenvalue weighted by molar-refractivity contribution is 7.90. The maximum absolute atomic E-state index is 12.6. The van der Waals surface area contributed by atoms with E-state index in [4.69, 9.17) is 0 Å². The van der Waals surface area contributed by atoms with Crippen LogP contribution in [0.2, 0.25) is 0 Å². The molecule has 2 aromatic rings. The molecule has 2 nitrogen and oxygen atoms in total. The molecule has 0 spiro atoms. The number of alkyl halides is 3. The highest BCUT2D eigenvalue weighted by Gasteiger charge is 2.31. The van der Waals surface area contributed by atoms with Gasteiger partial charge in [-0.3, -0.25) is 0 Å². The molecule has 106 valence electrons. The van der Waals surface area contributed by atoms with E-state index in [0.29, 0.717) is 11.6 Å². The minimum Gasteiger partial charge on any atom is -0.223 e. The lowest BCUT2D eigenvalue weighted by Crippen LogP contribution is -2.09. The van der Waals surface area contributed by atoms with E-state index in [0.717, 1.165) is 12.1 Å². The van der Waals surface area contributed by atoms with Crippen molar-refractivity contribution < 1.29 is 21.6 Å². The quantitative estimate of drug-likeness (QED) is 0.866. The summed E-state index contributed by atoms with van der Waals surface area (Å²) in [5.74, 6) is -0.324. The van der Waals surface area contributed by atoms with Gasteiger partial charge in [0.1, 0.15) is 0 Å². The van der Waals surface area contributed by atoms with Gasteiger partial charge in [0.15, 0.2) is 9.84 Å². The number of halogens is 3. The van der Waals surface area contributed by atoms with Crippen molar-refractivity contribution in [1.29, 1.82) is 0 Å². The van der Waals surface area contributed by atoms with Crippen molar-refractivity contribution in [3.05, 3.63) is 65.7 Å². The molecule has 0 radical (unpaired) electrons. The third-order valence-corrected chi connectivity index (χ3v) is 4.41. The second-order valence-electron chi connectivity index (χ2n) is 4.27. The molecule has 2 rings (SSSR count). The summed E-state index contributed by atoms with van der Waals surface area (Å²) in [6, 6.07) is 12.1. The molecule has 20 heavy (non-hydrogen) atoms. The van der Waals surface area contributed by atoms with Crippen LogP contribution in [0.1, 0.15) is 11.1 Å². The molecule has 0 N–H and O–H groups in total. The van der Waals surface area contributed by atoms with Gasteiger partial charge in [0.05, 0.1) is 16.2 Å². The van der Waals surface area contributed by atoms with Gasteiger partial charge in [-0.1, -0.05) is 36.4 Å². The van der Waals surface area contributed by atoms with Crippen molar-refractivity contribution in [2.45, 2.75) is 16.8 Å². The van der Waals surface area contributed by atoms with E-state index < -0.39 is 21.6 Å². The molecule has 0 unspecified atom stereocenters. The van der Waals surface area contributed by atoms with E-state index >= 15 is 0 Å². The molecule has 2 aromatic carbocycles. The first-order chi connectivity index (χ1) is 9.29. The summed E-state index contributed by atoms with van der Waals surface area (Å²) in [5.41, 5.74) is -0.434. The average molecular weight is 300 g/mol. The van der Waals surface area contributed by atoms with Crippen LogP contribution in [0.4, 0.5) is 13.2 Å². The molecular formula is C14H11F3O2S. The second kappa shape index (κ2) is 5.28. The van der Waals surface area contributed by atoms with Gasteiger partial charge in [-0.2, -0.15) is 13.2 Å². The van der Waals surface area contributed by atoms with Gasteiger partial charge in [-0.25, -0.2) is 8.42 Å². The first-order valence-corrected chi connectivity index (χ1v) is 7.38. The summed E-state index contributed by atoms with van der Waals surface area (Å²) in [6.07, 6.45) is -4.56. The monoisotopic (exact) mass is 300 g/mol. The van der Waals surface area contributed by atoms with Crippen LogP contribution in [-0.2, 0) is 21.8 Å². The molecule has 0 bridgehead atoms. The molecule has 6 heteroatoms. The van der Waals surface area contributed by atoms with Gasteiger partial charge >= 0.3 is 6.18 Å². The van der Waals surface area contributed by atoms with Gasteiger partial charge in [0.2, 0.25) is 0 Å². The maximum Gasteiger partial charge on any atom is 0.416 e. The standard InChI is InChI=1S/C14H11F3O2S/c15-14(16,17)12-7-4-8-13(9-12)20(18,19)10-11-5-2-1-3-6-11/h1-9H,10H2. The van der Waals surface area contributed by atoms with Gasteiger partial charge < -0.3 is 0 Å². The summed E-state index contributed by atoms with van der Waals surface area (Å²) in [7, 11) is -3.80. The van der Waals surface area contributed by atoms with Crippen molar-refractivity contribution in [3.8, 4) is 0 Å². The van der Waals surface area contributed by atoms with Crippen molar-refractivity contribution in [3.63, 3.8) is 0 Å². The van der Waals surface area contributed by atoms with Crippen molar-refractivity contribution >= 4 is 9.84 Å². The first kappa shape index (κ1) is 14.6. The fourth-order valence-electron chi connectivity index (χ4n) is 1.74. The molecule has 0 fully saturated rings. The minimum atomic E-state index is -4.56. The number of hydrogen-bond acceptors (Lipinski definition) is 2. The van der Waals surface area contributed by atoms with Crippen LogP contribution in [0.25, 0.3) is 0 Å². The lowest BCUT2D eigenvalue weighted by molar-refractivity contribution is -0.137. The average Bonchev–Trinajstić information content (AvgIpc) is 2.38. The summed E-state index contributed by atoms with van der Waals surface area (Å²) in [4.78, 5) is -0.323. The smallest absolute Gasteiger partial charge is 0.223 e. The predicted molar refractivity (Wildman–Crippen MR) is 68.8 cm³/mol. The Bertz CT molecular complexity index is 692. The molecule has 0 saturated heterocycles. The van der Waals surface area contributed by atoms with Crippen LogP contribution in [-0.4, -0.2) is 8.42 Å². The second-order valence-corrected chi connectivity index (χ2v) is 6.26. The van der Waals surface area contributed by atoms with E-state index in [1.807, 2.05) is 0 Å². The molecule has 0 aliphatic heterocycles. The molecule has 0 heterocycles. The number of rotatable bonds is 3. The molecular weight excluding hydrogens is 289 g/mol. The largest absolute Gasteiger partial charge is 0.416 e. The van der Waals surface area contributed by atoms with Crippen LogP contribution in [0.3, 0.4) is 0 Å². The Labute approximate surface area is 114 Å². The minimum absolute atomic E-state index is 0.323. The Balaban J connectivity index is 2.35. The summed E-state index contributed by atoms with van der Waals surface area (Å²) in [5, 5.41) is 0. The Morgan fingerprint density at radius 3 is 2.15 bits per heavy atom. The molecule has 0 aromatic heterocycles. The van der Waals surface area contributed by atoms with Crippen molar-refractivity contribution in [2.24, 2.45) is 0 Å². The van der Waals surface area contributed by atoms with Gasteiger partial charge in [-0.05, 0) is 23.8 Å². The predicted octanol–water partition coefficient (Wildman–Crippen LogP) is 3.68. The van der Waals surface area contributed by atoms with Crippen LogP contribution in [0.15, 0.2) is 59.5 Å². The lowest BCUT2D eigenvalue weighted by atomic mass is 10.2. The van der Waals surface area contributed by atoms with Gasteiger partial charge in [0.25, 0.3) is 0 Å². The fourth-order valence-corrected chi connectivity index (χ4v) is 3.13. The third-order valence-electron chi connectivity index (χ3n) is 2.72. The first-order valence-electron chi connectivity index (χ1n) is 5.73. The normalized spacial score (nSPS) is 12.3. The molecule has 0 saturated carbocycles. The third kappa shape index (κ3) is 3.39. The molecule has 0 atom stereocenters. The highest BCUT2D eigenvalue weighted by atomic mass is 32.2. The number of hydrogen-bond donors (Lipinski definition) is 0. The van der Waals surface area contributed by atoms with Crippen LogP contribution in [0.5, 0.6) is 0 Å². The zero-order valence-electron chi connectivity index (χ0n) is 10.3. The molecule has 0 aliphatic carbocycles. The van der Waals surface area contributed by atoms with E-state index in [9.17, 15) is 21.6 Å². The van der Waals surface area contributed by atoms with E-state index in [-0.39, 0.29) is 10.6 Å². The van der Waals surface area contributed by atoms with E-state index in [2.05, 4.69) is 0 Å². The van der Waals surface area contributed by atoms with E-state index in [1.165, 1.54) is 6.07 Å². The van der Waals surface area contributed by atoms with Crippen molar-refractivity contribution in [2.75, 3.05) is 0 Å². The molecule has 0 aliphatic rings. The zero-order chi connectivity index (χ0) is 14.8. The Morgan fingerprint density at radius 1 is 0.900 bits per heavy atom. The number of sulfone groups is 1. The van der Waals surface area contributed by atoms with Crippen LogP contribution < -0.4 is 0 Å². The Kier molecular flexibility index (Phi) is 3.85. The lowest BCUT2D eigenvalue weighted by Gasteiger charge is -2.09. The Hall–Kier alpha value is -1.82. The molecule has 0 amide bonds. The number of benzene rings is 2. The van der Waals surface area contributed by atoms with Crippen LogP contribution >= 0.6 is 0 Å². The highest BCUT2D eigenvalue weighted by Crippen LogP contribution is 2.31. The van der Waals surface area contributed by atoms with Crippen molar-refractivity contribution in [1.82, 2.24) is 0 Å². The van der Waals surface area contributed by atoms with Crippen LogP contribution in [0, 0.1) is 0 Å². The zero-order valence-corrected chi connectivity index (χ0v) is 11.1. The summed E-state index contributed by atoms with van der Waals surface area (Å²) < 4.78 is 62.0. The summed E-state index contributed by atoms with van der Waals surface area (Å²) in [6.45, 7) is 0. The van der Waals surface area contributed by atoms with Gasteiger partial charge in [-0.15, -0.1) is 0 Å². The SMILES string of the molecule is O=S(=O)(Cc1ccccc1)c1cccc(C(F)(F)F)c1. The topological polar surface area (TPSA) is 34.1 Å². The maximum atomic E-state index is 12.6. The van der Waals surface area contributed by atoms with Gasteiger partial charge in [0, 0.05) is 0 Å². The summed E-state index contributed by atoms with van der Waals surface area (Å²) >= 11 is 0. The Morgan fingerprint density at radius 2 is 1.55 bits per heavy atom. The van der Waals surface area contributed by atoms with E-state index in [1.54, 1.807) is 30.3 Å².